The predicted octanol–water partition coefficient (Wildman–Crippen LogP) is -2.90. The van der Waals surface area contributed by atoms with Crippen molar-refractivity contribution in [2.75, 3.05) is 0 Å². The third-order valence-electron chi connectivity index (χ3n) is 5.85. The molecule has 0 saturated heterocycles. The molecular weight excluding hydrogens is 514 g/mol. The molecular formula is C24H33N7O8. The number of nitrogens with two attached hydrogens (primary N) is 3. The summed E-state index contributed by atoms with van der Waals surface area (Å²) in [4.78, 5) is 75.5. The van der Waals surface area contributed by atoms with Crippen LogP contribution in [0.1, 0.15) is 31.7 Å². The number of aromatic amines is 1. The third-order valence-corrected chi connectivity index (χ3v) is 5.85. The Bertz CT molecular complexity index is 1230. The Hall–Kier alpha value is -4.50. The van der Waals surface area contributed by atoms with Crippen LogP contribution in [0.25, 0.3) is 10.9 Å². The van der Waals surface area contributed by atoms with E-state index in [4.69, 9.17) is 17.2 Å². The average Bonchev–Trinajstić information content (AvgIpc) is 3.26. The van der Waals surface area contributed by atoms with Gasteiger partial charge in [-0.15, -0.1) is 0 Å². The van der Waals surface area contributed by atoms with Gasteiger partial charge in [0.05, 0.1) is 18.6 Å². The zero-order valence-corrected chi connectivity index (χ0v) is 21.2. The van der Waals surface area contributed by atoms with Gasteiger partial charge in [-0.25, -0.2) is 4.79 Å². The fourth-order valence-corrected chi connectivity index (χ4v) is 3.76. The Morgan fingerprint density at radius 2 is 1.56 bits per heavy atom. The lowest BCUT2D eigenvalue weighted by molar-refractivity contribution is -0.143. The van der Waals surface area contributed by atoms with Crippen molar-refractivity contribution in [2.45, 2.75) is 62.9 Å². The van der Waals surface area contributed by atoms with Crippen LogP contribution in [0.3, 0.4) is 0 Å². The van der Waals surface area contributed by atoms with Gasteiger partial charge in [0, 0.05) is 29.9 Å². The van der Waals surface area contributed by atoms with Gasteiger partial charge in [0.2, 0.25) is 29.5 Å². The van der Waals surface area contributed by atoms with Gasteiger partial charge in [-0.3, -0.25) is 24.0 Å². The molecule has 5 amide bonds. The molecule has 5 unspecified atom stereocenters. The van der Waals surface area contributed by atoms with Crippen LogP contribution in [0.4, 0.5) is 0 Å². The van der Waals surface area contributed by atoms with Crippen LogP contribution in [0, 0.1) is 0 Å². The van der Waals surface area contributed by atoms with E-state index in [2.05, 4.69) is 20.9 Å². The Kier molecular flexibility index (Phi) is 10.9. The number of hydrogen-bond donors (Lipinski definition) is 9. The summed E-state index contributed by atoms with van der Waals surface area (Å²) in [5, 5.41) is 27.4. The number of aliphatic hydroxyl groups is 1. The van der Waals surface area contributed by atoms with Crippen LogP contribution < -0.4 is 33.2 Å². The molecule has 212 valence electrons. The number of para-hydroxylation sites is 1. The van der Waals surface area contributed by atoms with Crippen LogP contribution in [0.2, 0.25) is 0 Å². The minimum absolute atomic E-state index is 0.102. The molecule has 0 aliphatic carbocycles. The Morgan fingerprint density at radius 3 is 2.15 bits per heavy atom. The van der Waals surface area contributed by atoms with Crippen molar-refractivity contribution in [3.63, 3.8) is 0 Å². The summed E-state index contributed by atoms with van der Waals surface area (Å²) in [5.74, 6) is -5.99. The summed E-state index contributed by atoms with van der Waals surface area (Å²) in [6.45, 7) is 1.18. The number of H-pyrrole nitrogens is 1. The Balaban J connectivity index is 2.14. The highest BCUT2D eigenvalue weighted by atomic mass is 16.4. The zero-order valence-electron chi connectivity index (χ0n) is 21.2. The molecule has 1 aromatic heterocycles. The fraction of sp³-hybridized carbons (Fsp3) is 0.417. The fourth-order valence-electron chi connectivity index (χ4n) is 3.76. The van der Waals surface area contributed by atoms with Gasteiger partial charge in [0.25, 0.3) is 0 Å². The number of aliphatic hydroxyl groups excluding tert-OH is 1. The van der Waals surface area contributed by atoms with Crippen LogP contribution in [-0.4, -0.2) is 81.0 Å². The normalized spacial score (nSPS) is 14.8. The molecule has 0 aliphatic rings. The van der Waals surface area contributed by atoms with E-state index in [0.29, 0.717) is 5.56 Å². The van der Waals surface area contributed by atoms with Crippen LogP contribution in [0.5, 0.6) is 0 Å². The standard InChI is InChI=1S/C24H33N7O8/c1-11(32)20(31-22(36)16(9-19(27)34)29-21(35)14(25)6-7-18(26)33)23(37)30-17(24(38)39)8-12-10-28-15-5-3-2-4-13(12)15/h2-5,10-11,14,16-17,20,28,32H,6-9,25H2,1H3,(H2,26,33)(H2,27,34)(H,29,35)(H,30,37)(H,31,36)(H,38,39). The smallest absolute Gasteiger partial charge is 0.326 e. The van der Waals surface area contributed by atoms with E-state index >= 15 is 0 Å². The van der Waals surface area contributed by atoms with E-state index in [-0.39, 0.29) is 19.3 Å². The van der Waals surface area contributed by atoms with Gasteiger partial charge in [0.15, 0.2) is 0 Å². The summed E-state index contributed by atoms with van der Waals surface area (Å²) < 4.78 is 0. The third kappa shape index (κ3) is 9.08. The molecule has 0 spiro atoms. The number of fused-ring (bicyclic) bond motifs is 1. The Labute approximate surface area is 222 Å². The topological polar surface area (TPSA) is 273 Å². The van der Waals surface area contributed by atoms with E-state index < -0.39 is 72.2 Å². The van der Waals surface area contributed by atoms with Crippen molar-refractivity contribution in [2.24, 2.45) is 17.2 Å². The quantitative estimate of drug-likeness (QED) is 0.110. The first-order valence-corrected chi connectivity index (χ1v) is 12.0. The number of primary amides is 2. The lowest BCUT2D eigenvalue weighted by Crippen LogP contribution is -2.60. The first kappa shape index (κ1) is 30.7. The van der Waals surface area contributed by atoms with Gasteiger partial charge in [-0.1, -0.05) is 18.2 Å². The molecule has 15 nitrogen and oxygen atoms in total. The van der Waals surface area contributed by atoms with E-state index in [1.54, 1.807) is 30.5 Å². The van der Waals surface area contributed by atoms with E-state index in [1.807, 2.05) is 0 Å². The molecule has 2 aromatic rings. The number of hydrogen-bond acceptors (Lipinski definition) is 8. The van der Waals surface area contributed by atoms with Crippen molar-refractivity contribution < 1.29 is 39.0 Å². The van der Waals surface area contributed by atoms with Gasteiger partial charge in [-0.2, -0.15) is 0 Å². The van der Waals surface area contributed by atoms with Crippen molar-refractivity contribution in [3.05, 3.63) is 36.0 Å². The predicted molar refractivity (Wildman–Crippen MR) is 137 cm³/mol. The summed E-state index contributed by atoms with van der Waals surface area (Å²) >= 11 is 0. The van der Waals surface area contributed by atoms with Gasteiger partial charge < -0.3 is 48.3 Å². The molecule has 12 N–H and O–H groups in total. The highest BCUT2D eigenvalue weighted by molar-refractivity contribution is 5.96. The van der Waals surface area contributed by atoms with Crippen molar-refractivity contribution in [1.82, 2.24) is 20.9 Å². The van der Waals surface area contributed by atoms with Gasteiger partial charge in [-0.05, 0) is 25.0 Å². The Morgan fingerprint density at radius 1 is 0.923 bits per heavy atom. The molecule has 0 saturated carbocycles. The number of aromatic nitrogens is 1. The minimum atomic E-state index is -1.65. The second kappa shape index (κ2) is 13.9. The average molecular weight is 548 g/mol. The highest BCUT2D eigenvalue weighted by Crippen LogP contribution is 2.19. The molecule has 0 radical (unpaired) electrons. The second-order valence-electron chi connectivity index (χ2n) is 9.03. The molecule has 5 atom stereocenters. The van der Waals surface area contributed by atoms with E-state index in [0.717, 1.165) is 10.9 Å². The number of carbonyl (C=O) groups excluding carboxylic acids is 5. The zero-order chi connectivity index (χ0) is 29.3. The van der Waals surface area contributed by atoms with Crippen LogP contribution >= 0.6 is 0 Å². The molecule has 0 fully saturated rings. The molecule has 1 aromatic carbocycles. The van der Waals surface area contributed by atoms with Gasteiger partial charge in [0.1, 0.15) is 18.1 Å². The molecule has 39 heavy (non-hydrogen) atoms. The largest absolute Gasteiger partial charge is 0.480 e. The summed E-state index contributed by atoms with van der Waals surface area (Å²) in [6.07, 6.45) is -0.987. The first-order chi connectivity index (χ1) is 18.3. The number of carboxylic acids is 1. The van der Waals surface area contributed by atoms with Gasteiger partial charge >= 0.3 is 5.97 Å². The maximum absolute atomic E-state index is 13.0. The second-order valence-corrected chi connectivity index (χ2v) is 9.03. The van der Waals surface area contributed by atoms with Crippen LogP contribution in [0.15, 0.2) is 30.5 Å². The SMILES string of the molecule is CC(O)C(NC(=O)C(CC(N)=O)NC(=O)C(N)CCC(N)=O)C(=O)NC(Cc1c[nH]c2ccccc12)C(=O)O. The van der Waals surface area contributed by atoms with Crippen molar-refractivity contribution >= 4 is 46.4 Å². The monoisotopic (exact) mass is 547 g/mol. The highest BCUT2D eigenvalue weighted by Gasteiger charge is 2.33. The number of nitrogens with one attached hydrogen (secondary N) is 4. The number of carboxylic acid groups (broad SMARTS) is 1. The minimum Gasteiger partial charge on any atom is -0.480 e. The van der Waals surface area contributed by atoms with E-state index in [9.17, 15) is 39.0 Å². The number of amides is 5. The van der Waals surface area contributed by atoms with Crippen molar-refractivity contribution in [3.8, 4) is 0 Å². The summed E-state index contributed by atoms with van der Waals surface area (Å²) in [7, 11) is 0. The first-order valence-electron chi connectivity index (χ1n) is 12.0. The molecule has 2 rings (SSSR count). The summed E-state index contributed by atoms with van der Waals surface area (Å²) in [6, 6.07) is 1.28. The maximum Gasteiger partial charge on any atom is 0.326 e. The summed E-state index contributed by atoms with van der Waals surface area (Å²) in [5.41, 5.74) is 17.3. The number of benzene rings is 1. The number of carbonyl (C=O) groups is 6. The lowest BCUT2D eigenvalue weighted by atomic mass is 10.0. The van der Waals surface area contributed by atoms with E-state index in [1.165, 1.54) is 6.92 Å². The lowest BCUT2D eigenvalue weighted by Gasteiger charge is -2.26. The molecule has 15 heteroatoms. The maximum atomic E-state index is 13.0. The van der Waals surface area contributed by atoms with Crippen molar-refractivity contribution in [1.29, 1.82) is 0 Å². The molecule has 0 aliphatic heterocycles. The number of aliphatic carboxylic acids is 1. The molecule has 1 heterocycles. The molecule has 0 bridgehead atoms. The number of rotatable bonds is 15. The van der Waals surface area contributed by atoms with Crippen LogP contribution in [-0.2, 0) is 35.2 Å².